The maximum Gasteiger partial charge on any atom is 0.348 e. The van der Waals surface area contributed by atoms with E-state index in [0.29, 0.717) is 13.2 Å². The van der Waals surface area contributed by atoms with Crippen LogP contribution in [0.5, 0.6) is 0 Å². The molecule has 0 spiro atoms. The van der Waals surface area contributed by atoms with Crippen LogP contribution in [0, 0.1) is 0 Å². The molecule has 1 heterocycles. The van der Waals surface area contributed by atoms with Crippen molar-refractivity contribution >= 4 is 5.97 Å². The molecule has 0 unspecified atom stereocenters. The molecule has 4 nitrogen and oxygen atoms in total. The molecular formula is C13H23N2O2+. The van der Waals surface area contributed by atoms with Crippen molar-refractivity contribution in [3.8, 4) is 0 Å². The van der Waals surface area contributed by atoms with Gasteiger partial charge >= 0.3 is 5.97 Å². The smallest absolute Gasteiger partial charge is 0.348 e. The lowest BCUT2D eigenvalue weighted by Crippen LogP contribution is -2.36. The average molecular weight is 239 g/mol. The molecule has 0 saturated carbocycles. The third kappa shape index (κ3) is 5.52. The zero-order valence-corrected chi connectivity index (χ0v) is 10.9. The molecule has 0 aliphatic heterocycles. The van der Waals surface area contributed by atoms with Crippen LogP contribution in [-0.4, -0.2) is 17.1 Å². The van der Waals surface area contributed by atoms with Crippen molar-refractivity contribution in [3.63, 3.8) is 0 Å². The van der Waals surface area contributed by atoms with Crippen LogP contribution in [0.15, 0.2) is 18.7 Å². The molecule has 1 rings (SSSR count). The molecule has 4 heteroatoms. The molecule has 0 aliphatic rings. The molecule has 0 fully saturated rings. The largest absolute Gasteiger partial charge is 0.463 e. The minimum atomic E-state index is -0.156. The Kier molecular flexibility index (Phi) is 6.37. The predicted molar refractivity (Wildman–Crippen MR) is 65.4 cm³/mol. The molecule has 0 amide bonds. The summed E-state index contributed by atoms with van der Waals surface area (Å²) in [6.07, 6.45) is 10.2. The molecule has 0 bridgehead atoms. The number of ether oxygens (including phenoxy) is 1. The standard InChI is InChI=1S/C13H23N2O2/c1-3-5-7-14-8-9-15(12-14)11-13(16)17-10-6-4-2/h8-9,12H,3-7,10-11H2,1-2H3/q+1. The van der Waals surface area contributed by atoms with E-state index in [4.69, 9.17) is 4.74 Å². The highest BCUT2D eigenvalue weighted by Gasteiger charge is 2.09. The number of esters is 1. The molecule has 0 atom stereocenters. The Hall–Kier alpha value is -1.32. The van der Waals surface area contributed by atoms with E-state index in [9.17, 15) is 4.79 Å². The Morgan fingerprint density at radius 2 is 2.06 bits per heavy atom. The van der Waals surface area contributed by atoms with Crippen LogP contribution in [0.3, 0.4) is 0 Å². The summed E-state index contributed by atoms with van der Waals surface area (Å²) >= 11 is 0. The van der Waals surface area contributed by atoms with E-state index in [1.54, 1.807) is 0 Å². The van der Waals surface area contributed by atoms with Crippen LogP contribution in [0.1, 0.15) is 39.5 Å². The number of unbranched alkanes of at least 4 members (excludes halogenated alkanes) is 2. The van der Waals surface area contributed by atoms with Gasteiger partial charge in [0.1, 0.15) is 12.4 Å². The molecule has 1 aromatic rings. The van der Waals surface area contributed by atoms with Crippen molar-refractivity contribution in [2.75, 3.05) is 6.61 Å². The van der Waals surface area contributed by atoms with Crippen LogP contribution < -0.4 is 4.57 Å². The fourth-order valence-corrected chi connectivity index (χ4v) is 1.53. The summed E-state index contributed by atoms with van der Waals surface area (Å²) in [5, 5.41) is 0. The second-order valence-electron chi connectivity index (χ2n) is 4.25. The molecule has 0 radical (unpaired) electrons. The number of aryl methyl sites for hydroxylation is 1. The molecule has 96 valence electrons. The van der Waals surface area contributed by atoms with E-state index >= 15 is 0 Å². The van der Waals surface area contributed by atoms with Gasteiger partial charge in [-0.05, 0) is 12.8 Å². The highest BCUT2D eigenvalue weighted by Crippen LogP contribution is 1.93. The van der Waals surface area contributed by atoms with E-state index in [1.807, 2.05) is 23.3 Å². The fraction of sp³-hybridized carbons (Fsp3) is 0.692. The number of hydrogen-bond donors (Lipinski definition) is 0. The fourth-order valence-electron chi connectivity index (χ4n) is 1.53. The Morgan fingerprint density at radius 1 is 1.29 bits per heavy atom. The minimum absolute atomic E-state index is 0.156. The van der Waals surface area contributed by atoms with Crippen molar-refractivity contribution in [1.29, 1.82) is 0 Å². The molecule has 0 N–H and O–H groups in total. The second-order valence-corrected chi connectivity index (χ2v) is 4.25. The first-order chi connectivity index (χ1) is 8.26. The Labute approximate surface area is 103 Å². The van der Waals surface area contributed by atoms with E-state index in [1.165, 1.54) is 6.42 Å². The Morgan fingerprint density at radius 3 is 2.76 bits per heavy atom. The molecule has 0 aliphatic carbocycles. The van der Waals surface area contributed by atoms with Crippen molar-refractivity contribution in [3.05, 3.63) is 18.7 Å². The van der Waals surface area contributed by atoms with Crippen molar-refractivity contribution in [1.82, 2.24) is 4.57 Å². The predicted octanol–water partition coefficient (Wildman–Crippen LogP) is 1.92. The van der Waals surface area contributed by atoms with Crippen LogP contribution in [0.2, 0.25) is 0 Å². The number of hydrogen-bond acceptors (Lipinski definition) is 2. The van der Waals surface area contributed by atoms with Gasteiger partial charge < -0.3 is 4.74 Å². The van der Waals surface area contributed by atoms with Gasteiger partial charge in [0.15, 0.2) is 6.54 Å². The van der Waals surface area contributed by atoms with E-state index in [2.05, 4.69) is 18.4 Å². The maximum atomic E-state index is 11.5. The Balaban J connectivity index is 2.30. The van der Waals surface area contributed by atoms with Gasteiger partial charge in [-0.1, -0.05) is 26.7 Å². The lowest BCUT2D eigenvalue weighted by Gasteiger charge is -2.01. The first kappa shape index (κ1) is 13.7. The monoisotopic (exact) mass is 239 g/mol. The summed E-state index contributed by atoms with van der Waals surface area (Å²) in [6, 6.07) is 0. The maximum absolute atomic E-state index is 11.5. The summed E-state index contributed by atoms with van der Waals surface area (Å²) in [4.78, 5) is 11.5. The summed E-state index contributed by atoms with van der Waals surface area (Å²) in [5.41, 5.74) is 0. The summed E-state index contributed by atoms with van der Waals surface area (Å²) < 4.78 is 9.07. The van der Waals surface area contributed by atoms with E-state index < -0.39 is 0 Å². The van der Waals surface area contributed by atoms with Crippen LogP contribution in [0.4, 0.5) is 0 Å². The molecule has 0 saturated heterocycles. The topological polar surface area (TPSA) is 35.1 Å². The number of nitrogens with zero attached hydrogens (tertiary/aromatic N) is 2. The third-order valence-corrected chi connectivity index (χ3v) is 2.59. The average Bonchev–Trinajstić information content (AvgIpc) is 2.74. The zero-order valence-electron chi connectivity index (χ0n) is 10.9. The van der Waals surface area contributed by atoms with Crippen LogP contribution in [-0.2, 0) is 22.6 Å². The van der Waals surface area contributed by atoms with Gasteiger partial charge in [0.05, 0.1) is 13.2 Å². The lowest BCUT2D eigenvalue weighted by atomic mass is 10.3. The highest BCUT2D eigenvalue weighted by molar-refractivity contribution is 5.67. The summed E-state index contributed by atoms with van der Waals surface area (Å²) in [7, 11) is 0. The van der Waals surface area contributed by atoms with Gasteiger partial charge in [-0.2, -0.15) is 0 Å². The number of aromatic nitrogens is 2. The van der Waals surface area contributed by atoms with Gasteiger partial charge in [0, 0.05) is 0 Å². The van der Waals surface area contributed by atoms with Crippen molar-refractivity contribution in [2.24, 2.45) is 0 Å². The van der Waals surface area contributed by atoms with E-state index in [0.717, 1.165) is 25.8 Å². The first-order valence-corrected chi connectivity index (χ1v) is 6.46. The highest BCUT2D eigenvalue weighted by atomic mass is 16.5. The van der Waals surface area contributed by atoms with Gasteiger partial charge in [-0.15, -0.1) is 0 Å². The summed E-state index contributed by atoms with van der Waals surface area (Å²) in [5.74, 6) is -0.156. The minimum Gasteiger partial charge on any atom is -0.463 e. The van der Waals surface area contributed by atoms with Crippen molar-refractivity contribution < 1.29 is 14.1 Å². The molecule has 1 aromatic heterocycles. The molecule has 0 aromatic carbocycles. The first-order valence-electron chi connectivity index (χ1n) is 6.46. The van der Waals surface area contributed by atoms with Gasteiger partial charge in [-0.25, -0.2) is 13.9 Å². The van der Waals surface area contributed by atoms with Crippen LogP contribution >= 0.6 is 0 Å². The second kappa shape index (κ2) is 7.87. The number of carbonyl (C=O) groups excluding carboxylic acids is 1. The zero-order chi connectivity index (χ0) is 12.5. The summed E-state index contributed by atoms with van der Waals surface area (Å²) in [6.45, 7) is 6.10. The number of imidazole rings is 1. The van der Waals surface area contributed by atoms with Crippen LogP contribution in [0.25, 0.3) is 0 Å². The van der Waals surface area contributed by atoms with Gasteiger partial charge in [-0.3, -0.25) is 0 Å². The quantitative estimate of drug-likeness (QED) is 0.395. The number of rotatable bonds is 8. The van der Waals surface area contributed by atoms with E-state index in [-0.39, 0.29) is 5.97 Å². The lowest BCUT2D eigenvalue weighted by molar-refractivity contribution is -0.685. The van der Waals surface area contributed by atoms with Crippen molar-refractivity contribution in [2.45, 2.75) is 52.6 Å². The normalized spacial score (nSPS) is 10.5. The third-order valence-electron chi connectivity index (χ3n) is 2.59. The SMILES string of the molecule is CCCCOC(=O)C[n+]1ccn(CCCC)c1. The molecule has 17 heavy (non-hydrogen) atoms. The molecular weight excluding hydrogens is 216 g/mol. The number of carbonyl (C=O) groups is 1. The van der Waals surface area contributed by atoms with Gasteiger partial charge in [0.2, 0.25) is 6.33 Å². The Bertz CT molecular complexity index is 334. The van der Waals surface area contributed by atoms with Gasteiger partial charge in [0.25, 0.3) is 0 Å².